The first-order valence-electron chi connectivity index (χ1n) is 9.52. The van der Waals surface area contributed by atoms with Gasteiger partial charge in [-0.05, 0) is 38.7 Å². The van der Waals surface area contributed by atoms with Crippen LogP contribution in [0.2, 0.25) is 0 Å². The molecule has 2 aromatic rings. The summed E-state index contributed by atoms with van der Waals surface area (Å²) in [5.41, 5.74) is 2.09. The number of nitrogens with zero attached hydrogens (tertiary/aromatic N) is 1. The van der Waals surface area contributed by atoms with E-state index in [2.05, 4.69) is 32.7 Å². The molecule has 0 fully saturated rings. The molecule has 0 saturated carbocycles. The van der Waals surface area contributed by atoms with Gasteiger partial charge in [0.15, 0.2) is 5.82 Å². The molecule has 0 unspecified atom stereocenters. The zero-order valence-corrected chi connectivity index (χ0v) is 16.6. The van der Waals surface area contributed by atoms with Crippen LogP contribution >= 0.6 is 0 Å². The smallest absolute Gasteiger partial charge is 0.287 e. The van der Waals surface area contributed by atoms with Crippen molar-refractivity contribution in [2.75, 3.05) is 0 Å². The van der Waals surface area contributed by atoms with Gasteiger partial charge in [-0.3, -0.25) is 14.4 Å². The summed E-state index contributed by atoms with van der Waals surface area (Å²) in [5.74, 6) is -1.16. The summed E-state index contributed by atoms with van der Waals surface area (Å²) in [5, 5.41) is 4.96. The maximum atomic E-state index is 12.3. The Labute approximate surface area is 169 Å². The van der Waals surface area contributed by atoms with Gasteiger partial charge in [0, 0.05) is 18.3 Å². The number of hydrogen-bond acceptors (Lipinski definition) is 5. The first-order chi connectivity index (χ1) is 13.9. The Morgan fingerprint density at radius 1 is 1.14 bits per heavy atom. The minimum atomic E-state index is -0.904. The molecule has 1 heterocycles. The van der Waals surface area contributed by atoms with Crippen LogP contribution in [0.25, 0.3) is 0 Å². The van der Waals surface area contributed by atoms with Crippen molar-refractivity contribution in [2.24, 2.45) is 0 Å². The number of H-pyrrole nitrogens is 1. The molecule has 0 saturated heterocycles. The number of carbonyl (C=O) groups is 4. The quantitative estimate of drug-likeness (QED) is 0.494. The van der Waals surface area contributed by atoms with Crippen LogP contribution in [0.4, 0.5) is 0 Å². The topological polar surface area (TPSA) is 121 Å². The summed E-state index contributed by atoms with van der Waals surface area (Å²) >= 11 is 0. The van der Waals surface area contributed by atoms with E-state index >= 15 is 0 Å². The molecule has 3 N–H and O–H groups in total. The van der Waals surface area contributed by atoms with Gasteiger partial charge < -0.3 is 20.4 Å². The highest BCUT2D eigenvalue weighted by molar-refractivity contribution is 5.95. The Hall–Kier alpha value is -3.29. The van der Waals surface area contributed by atoms with Crippen molar-refractivity contribution in [1.82, 2.24) is 20.6 Å². The molecule has 0 aliphatic heterocycles. The van der Waals surface area contributed by atoms with Gasteiger partial charge in [0.2, 0.25) is 5.91 Å². The lowest BCUT2D eigenvalue weighted by Crippen LogP contribution is -2.49. The van der Waals surface area contributed by atoms with Gasteiger partial charge in [0.1, 0.15) is 18.1 Å². The molecule has 0 radical (unpaired) electrons. The standard InChI is InChI=1S/C21H26N4O4/c1-14(27)11-18(13-26)25-20(28)15(2)23-21(29)19-22-12-17(24-19)10-6-9-16-7-4-3-5-8-16/h3-5,7-8,12-13,15,18H,6,9-11H2,1-2H3,(H,22,24)(H,23,29)(H,25,28)/t15-,18-/m0/s1. The summed E-state index contributed by atoms with van der Waals surface area (Å²) in [4.78, 5) is 53.5. The zero-order chi connectivity index (χ0) is 21.2. The van der Waals surface area contributed by atoms with Crippen LogP contribution in [-0.2, 0) is 27.2 Å². The maximum Gasteiger partial charge on any atom is 0.287 e. The van der Waals surface area contributed by atoms with Gasteiger partial charge in [0.25, 0.3) is 5.91 Å². The van der Waals surface area contributed by atoms with Crippen molar-refractivity contribution in [1.29, 1.82) is 0 Å². The van der Waals surface area contributed by atoms with Crippen molar-refractivity contribution in [2.45, 2.75) is 51.6 Å². The van der Waals surface area contributed by atoms with Crippen LogP contribution in [-0.4, -0.2) is 45.9 Å². The number of ketones is 1. The first-order valence-corrected chi connectivity index (χ1v) is 9.52. The number of rotatable bonds is 11. The van der Waals surface area contributed by atoms with E-state index < -0.39 is 23.9 Å². The monoisotopic (exact) mass is 398 g/mol. The lowest BCUT2D eigenvalue weighted by molar-refractivity contribution is -0.126. The fraction of sp³-hybridized carbons (Fsp3) is 0.381. The van der Waals surface area contributed by atoms with Gasteiger partial charge in [-0.2, -0.15) is 0 Å². The SMILES string of the molecule is CC(=O)C[C@@H](C=O)NC(=O)[C@H](C)NC(=O)c1ncc(CCCc2ccccc2)[nH]1. The third-order valence-corrected chi connectivity index (χ3v) is 4.34. The Bertz CT molecular complexity index is 847. The highest BCUT2D eigenvalue weighted by Gasteiger charge is 2.21. The molecule has 0 spiro atoms. The van der Waals surface area contributed by atoms with E-state index in [4.69, 9.17) is 0 Å². The lowest BCUT2D eigenvalue weighted by atomic mass is 10.1. The number of aromatic nitrogens is 2. The normalized spacial score (nSPS) is 12.6. The summed E-state index contributed by atoms with van der Waals surface area (Å²) in [6.07, 6.45) is 4.62. The summed E-state index contributed by atoms with van der Waals surface area (Å²) in [7, 11) is 0. The number of aryl methyl sites for hydroxylation is 2. The molecule has 0 aliphatic carbocycles. The lowest BCUT2D eigenvalue weighted by Gasteiger charge is -2.16. The molecule has 2 rings (SSSR count). The Balaban J connectivity index is 1.81. The van der Waals surface area contributed by atoms with Crippen LogP contribution in [0, 0.1) is 0 Å². The number of aromatic amines is 1. The van der Waals surface area contributed by atoms with Gasteiger partial charge >= 0.3 is 0 Å². The van der Waals surface area contributed by atoms with E-state index in [1.165, 1.54) is 19.4 Å². The molecule has 8 heteroatoms. The van der Waals surface area contributed by atoms with Gasteiger partial charge in [-0.15, -0.1) is 0 Å². The summed E-state index contributed by atoms with van der Waals surface area (Å²) in [6.45, 7) is 2.83. The minimum absolute atomic E-state index is 0.0829. The molecule has 2 amide bonds. The average Bonchev–Trinajstić information content (AvgIpc) is 3.17. The fourth-order valence-corrected chi connectivity index (χ4v) is 2.81. The van der Waals surface area contributed by atoms with E-state index in [1.54, 1.807) is 6.20 Å². The minimum Gasteiger partial charge on any atom is -0.344 e. The molecule has 1 aromatic heterocycles. The van der Waals surface area contributed by atoms with Gasteiger partial charge in [-0.1, -0.05) is 30.3 Å². The van der Waals surface area contributed by atoms with Crippen molar-refractivity contribution in [3.63, 3.8) is 0 Å². The number of nitrogens with one attached hydrogen (secondary N) is 3. The summed E-state index contributed by atoms with van der Waals surface area (Å²) in [6, 6.07) is 8.34. The number of Topliss-reactive ketones (excluding diaryl/α,β-unsaturated/α-hetero) is 1. The Morgan fingerprint density at radius 3 is 2.52 bits per heavy atom. The van der Waals surface area contributed by atoms with E-state index in [9.17, 15) is 19.2 Å². The molecule has 0 bridgehead atoms. The van der Waals surface area contributed by atoms with E-state index in [0.29, 0.717) is 6.29 Å². The van der Waals surface area contributed by atoms with Crippen molar-refractivity contribution >= 4 is 23.9 Å². The molecule has 1 aromatic carbocycles. The van der Waals surface area contributed by atoms with Crippen molar-refractivity contribution in [3.05, 3.63) is 53.6 Å². The number of aldehydes is 1. The number of benzene rings is 1. The molecule has 29 heavy (non-hydrogen) atoms. The van der Waals surface area contributed by atoms with E-state index in [-0.39, 0.29) is 18.0 Å². The van der Waals surface area contributed by atoms with E-state index in [1.807, 2.05) is 18.2 Å². The second-order valence-electron chi connectivity index (χ2n) is 6.95. The molecular formula is C21H26N4O4. The number of amides is 2. The molecule has 2 atom stereocenters. The second-order valence-corrected chi connectivity index (χ2v) is 6.95. The highest BCUT2D eigenvalue weighted by Crippen LogP contribution is 2.07. The molecule has 8 nitrogen and oxygen atoms in total. The predicted octanol–water partition coefficient (Wildman–Crippen LogP) is 1.37. The highest BCUT2D eigenvalue weighted by atomic mass is 16.2. The summed E-state index contributed by atoms with van der Waals surface area (Å²) < 4.78 is 0. The van der Waals surface area contributed by atoms with Crippen LogP contribution < -0.4 is 10.6 Å². The molecule has 0 aliphatic rings. The maximum absolute atomic E-state index is 12.3. The van der Waals surface area contributed by atoms with Gasteiger partial charge in [0.05, 0.1) is 6.04 Å². The zero-order valence-electron chi connectivity index (χ0n) is 16.6. The van der Waals surface area contributed by atoms with Crippen molar-refractivity contribution < 1.29 is 19.2 Å². The number of hydrogen-bond donors (Lipinski definition) is 3. The van der Waals surface area contributed by atoms with Crippen molar-refractivity contribution in [3.8, 4) is 0 Å². The third-order valence-electron chi connectivity index (χ3n) is 4.34. The Morgan fingerprint density at radius 2 is 1.86 bits per heavy atom. The first kappa shape index (κ1) is 22.0. The van der Waals surface area contributed by atoms with E-state index in [0.717, 1.165) is 25.0 Å². The van der Waals surface area contributed by atoms with Crippen LogP contribution in [0.3, 0.4) is 0 Å². The van der Waals surface area contributed by atoms with Gasteiger partial charge in [-0.25, -0.2) is 4.98 Å². The number of imidazole rings is 1. The third kappa shape index (κ3) is 7.33. The van der Waals surface area contributed by atoms with Crippen LogP contribution in [0.15, 0.2) is 36.5 Å². The molecule has 154 valence electrons. The number of carbonyl (C=O) groups excluding carboxylic acids is 4. The van der Waals surface area contributed by atoms with Crippen LogP contribution in [0.5, 0.6) is 0 Å². The van der Waals surface area contributed by atoms with Crippen LogP contribution in [0.1, 0.15) is 48.6 Å². The fourth-order valence-electron chi connectivity index (χ4n) is 2.81. The molecular weight excluding hydrogens is 372 g/mol. The second kappa shape index (κ2) is 10.9. The average molecular weight is 398 g/mol. The predicted molar refractivity (Wildman–Crippen MR) is 107 cm³/mol. The Kier molecular flexibility index (Phi) is 8.27. The largest absolute Gasteiger partial charge is 0.344 e.